The number of hydrogen-bond acceptors (Lipinski definition) is 3. The van der Waals surface area contributed by atoms with Gasteiger partial charge >= 0.3 is 0 Å². The maximum absolute atomic E-state index is 13.1. The van der Waals surface area contributed by atoms with Gasteiger partial charge in [0.15, 0.2) is 0 Å². The van der Waals surface area contributed by atoms with E-state index in [4.69, 9.17) is 0 Å². The summed E-state index contributed by atoms with van der Waals surface area (Å²) in [5.41, 5.74) is 3.26. The third-order valence-corrected chi connectivity index (χ3v) is 5.35. The molecule has 5 nitrogen and oxygen atoms in total. The molecular weight excluding hydrogens is 393 g/mol. The highest BCUT2D eigenvalue weighted by atomic mass is 19.1. The summed E-state index contributed by atoms with van der Waals surface area (Å²) in [5.74, 6) is -0.947. The predicted molar refractivity (Wildman–Crippen MR) is 120 cm³/mol. The molecule has 2 amide bonds. The third kappa shape index (κ3) is 5.09. The van der Waals surface area contributed by atoms with Gasteiger partial charge in [-0.15, -0.1) is 0 Å². The Morgan fingerprint density at radius 3 is 2.29 bits per heavy atom. The molecule has 0 aromatic heterocycles. The van der Waals surface area contributed by atoms with Crippen LogP contribution in [0.5, 0.6) is 0 Å². The minimum absolute atomic E-state index is 0.191. The molecule has 4 rings (SSSR count). The molecule has 0 aliphatic carbocycles. The lowest BCUT2D eigenvalue weighted by atomic mass is 10.1. The molecule has 0 radical (unpaired) electrons. The number of carbonyl (C=O) groups is 2. The highest BCUT2D eigenvalue weighted by molar-refractivity contribution is 6.06. The number of nitrogens with one attached hydrogen (secondary N) is 2. The summed E-state index contributed by atoms with van der Waals surface area (Å²) in [6, 6.07) is 20.4. The van der Waals surface area contributed by atoms with Gasteiger partial charge in [0.1, 0.15) is 5.82 Å². The fourth-order valence-corrected chi connectivity index (χ4v) is 3.71. The number of carbonyl (C=O) groups excluding carboxylic acids is 2. The summed E-state index contributed by atoms with van der Waals surface area (Å²) in [4.78, 5) is 27.8. The second-order valence-corrected chi connectivity index (χ2v) is 7.56. The summed E-state index contributed by atoms with van der Waals surface area (Å²) in [6.07, 6.45) is 2.18. The zero-order valence-corrected chi connectivity index (χ0v) is 17.1. The Hall–Kier alpha value is -3.67. The summed E-state index contributed by atoms with van der Waals surface area (Å²) < 4.78 is 13.1. The van der Waals surface area contributed by atoms with Gasteiger partial charge in [0.25, 0.3) is 11.8 Å². The first-order chi connectivity index (χ1) is 15.1. The van der Waals surface area contributed by atoms with Crippen molar-refractivity contribution in [2.75, 3.05) is 23.3 Å². The van der Waals surface area contributed by atoms with Crippen LogP contribution in [0.3, 0.4) is 0 Å². The van der Waals surface area contributed by atoms with Crippen molar-refractivity contribution in [1.29, 1.82) is 0 Å². The summed E-state index contributed by atoms with van der Waals surface area (Å²) >= 11 is 0. The Bertz CT molecular complexity index is 1060. The molecular formula is C25H24FN3O2. The number of hydrogen-bond donors (Lipinski definition) is 2. The molecule has 31 heavy (non-hydrogen) atoms. The van der Waals surface area contributed by atoms with Gasteiger partial charge in [-0.2, -0.15) is 0 Å². The molecule has 1 saturated heterocycles. The van der Waals surface area contributed by atoms with Crippen LogP contribution in [-0.2, 0) is 6.54 Å². The fraction of sp³-hybridized carbons (Fsp3) is 0.200. The molecule has 3 aromatic rings. The molecule has 1 aliphatic rings. The minimum atomic E-state index is -0.399. The van der Waals surface area contributed by atoms with Gasteiger partial charge in [0.2, 0.25) is 0 Å². The van der Waals surface area contributed by atoms with Crippen LogP contribution in [0.2, 0.25) is 0 Å². The van der Waals surface area contributed by atoms with Crippen LogP contribution in [0.15, 0.2) is 72.8 Å². The molecule has 0 spiro atoms. The monoisotopic (exact) mass is 417 g/mol. The molecule has 158 valence electrons. The Balaban J connectivity index is 1.55. The largest absolute Gasteiger partial charge is 0.371 e. The second-order valence-electron chi connectivity index (χ2n) is 7.56. The van der Waals surface area contributed by atoms with E-state index in [-0.39, 0.29) is 11.8 Å². The first-order valence-electron chi connectivity index (χ1n) is 10.4. The quantitative estimate of drug-likeness (QED) is 0.616. The lowest BCUT2D eigenvalue weighted by molar-refractivity contribution is 0.0950. The average molecular weight is 417 g/mol. The Labute approximate surface area is 180 Å². The van der Waals surface area contributed by atoms with Crippen molar-refractivity contribution in [3.05, 3.63) is 95.3 Å². The molecule has 0 atom stereocenters. The number of anilines is 2. The first kappa shape index (κ1) is 20.6. The number of amides is 2. The van der Waals surface area contributed by atoms with E-state index in [1.165, 1.54) is 24.3 Å². The summed E-state index contributed by atoms with van der Waals surface area (Å²) in [7, 11) is 0. The van der Waals surface area contributed by atoms with Crippen LogP contribution in [-0.4, -0.2) is 24.9 Å². The molecule has 2 N–H and O–H groups in total. The van der Waals surface area contributed by atoms with Gasteiger partial charge in [0, 0.05) is 36.6 Å². The standard InChI is InChI=1S/C25H24FN3O2/c26-20-10-8-19(9-11-20)24(30)28-21-12-13-23(29-14-4-5-15-29)22(16-21)25(31)27-17-18-6-2-1-3-7-18/h1-3,6-13,16H,4-5,14-15,17H2,(H,27,31)(H,28,30). The Kier molecular flexibility index (Phi) is 6.26. The van der Waals surface area contributed by atoms with E-state index in [1.54, 1.807) is 12.1 Å². The van der Waals surface area contributed by atoms with E-state index >= 15 is 0 Å². The zero-order valence-electron chi connectivity index (χ0n) is 17.1. The summed E-state index contributed by atoms with van der Waals surface area (Å²) in [5, 5.41) is 5.78. The molecule has 0 bridgehead atoms. The van der Waals surface area contributed by atoms with E-state index < -0.39 is 5.82 Å². The van der Waals surface area contributed by atoms with Crippen molar-refractivity contribution < 1.29 is 14.0 Å². The van der Waals surface area contributed by atoms with Gasteiger partial charge in [0.05, 0.1) is 5.56 Å². The average Bonchev–Trinajstić information content (AvgIpc) is 3.33. The van der Waals surface area contributed by atoms with E-state index in [0.29, 0.717) is 23.4 Å². The normalized spacial score (nSPS) is 13.1. The van der Waals surface area contributed by atoms with E-state index in [1.807, 2.05) is 36.4 Å². The minimum Gasteiger partial charge on any atom is -0.371 e. The highest BCUT2D eigenvalue weighted by Crippen LogP contribution is 2.28. The third-order valence-electron chi connectivity index (χ3n) is 5.35. The molecule has 0 unspecified atom stereocenters. The maximum atomic E-state index is 13.1. The van der Waals surface area contributed by atoms with Crippen molar-refractivity contribution in [2.24, 2.45) is 0 Å². The number of rotatable bonds is 6. The highest BCUT2D eigenvalue weighted by Gasteiger charge is 2.20. The number of nitrogens with zero attached hydrogens (tertiary/aromatic N) is 1. The van der Waals surface area contributed by atoms with Crippen molar-refractivity contribution in [3.63, 3.8) is 0 Å². The van der Waals surface area contributed by atoms with E-state index in [9.17, 15) is 14.0 Å². The van der Waals surface area contributed by atoms with Crippen molar-refractivity contribution in [1.82, 2.24) is 5.32 Å². The van der Waals surface area contributed by atoms with Gasteiger partial charge < -0.3 is 15.5 Å². The molecule has 0 saturated carbocycles. The van der Waals surface area contributed by atoms with Crippen molar-refractivity contribution in [2.45, 2.75) is 19.4 Å². The topological polar surface area (TPSA) is 61.4 Å². The van der Waals surface area contributed by atoms with Crippen LogP contribution < -0.4 is 15.5 Å². The van der Waals surface area contributed by atoms with Crippen molar-refractivity contribution >= 4 is 23.2 Å². The van der Waals surface area contributed by atoms with Crippen molar-refractivity contribution in [3.8, 4) is 0 Å². The van der Waals surface area contributed by atoms with Gasteiger partial charge in [-0.25, -0.2) is 4.39 Å². The van der Waals surface area contributed by atoms with Crippen LogP contribution in [0, 0.1) is 5.82 Å². The van der Waals surface area contributed by atoms with Crippen LogP contribution in [0.1, 0.15) is 39.1 Å². The maximum Gasteiger partial charge on any atom is 0.255 e. The molecule has 1 aliphatic heterocycles. The lowest BCUT2D eigenvalue weighted by Crippen LogP contribution is -2.27. The van der Waals surface area contributed by atoms with Crippen LogP contribution in [0.4, 0.5) is 15.8 Å². The Morgan fingerprint density at radius 2 is 1.58 bits per heavy atom. The number of benzene rings is 3. The van der Waals surface area contributed by atoms with Gasteiger partial charge in [-0.05, 0) is 60.9 Å². The molecule has 3 aromatic carbocycles. The zero-order chi connectivity index (χ0) is 21.6. The van der Waals surface area contributed by atoms with Gasteiger partial charge in [-0.1, -0.05) is 30.3 Å². The number of halogens is 1. The second kappa shape index (κ2) is 9.43. The Morgan fingerprint density at radius 1 is 0.871 bits per heavy atom. The predicted octanol–water partition coefficient (Wildman–Crippen LogP) is 4.61. The van der Waals surface area contributed by atoms with E-state index in [2.05, 4.69) is 15.5 Å². The summed E-state index contributed by atoms with van der Waals surface area (Å²) in [6.45, 7) is 2.23. The van der Waals surface area contributed by atoms with E-state index in [0.717, 1.165) is 37.2 Å². The smallest absolute Gasteiger partial charge is 0.255 e. The lowest BCUT2D eigenvalue weighted by Gasteiger charge is -2.22. The van der Waals surface area contributed by atoms with Crippen LogP contribution in [0.25, 0.3) is 0 Å². The first-order valence-corrected chi connectivity index (χ1v) is 10.4. The van der Waals surface area contributed by atoms with Crippen LogP contribution >= 0.6 is 0 Å². The molecule has 1 heterocycles. The SMILES string of the molecule is O=C(Nc1ccc(N2CCCC2)c(C(=O)NCc2ccccc2)c1)c1ccc(F)cc1. The fourth-order valence-electron chi connectivity index (χ4n) is 3.71. The van der Waals surface area contributed by atoms with Gasteiger partial charge in [-0.3, -0.25) is 9.59 Å². The molecule has 6 heteroatoms. The molecule has 1 fully saturated rings.